The first-order valence-electron chi connectivity index (χ1n) is 8.60. The summed E-state index contributed by atoms with van der Waals surface area (Å²) in [7, 11) is 2.05. The number of fused-ring (bicyclic) bond motifs is 1. The molecule has 1 fully saturated rings. The number of aromatic nitrogens is 3. The molecule has 1 saturated heterocycles. The lowest BCUT2D eigenvalue weighted by Crippen LogP contribution is -2.40. The van der Waals surface area contributed by atoms with Crippen molar-refractivity contribution in [1.29, 1.82) is 0 Å². The number of rotatable bonds is 6. The molecule has 2 N–H and O–H groups in total. The van der Waals surface area contributed by atoms with E-state index in [1.807, 2.05) is 7.05 Å². The van der Waals surface area contributed by atoms with Crippen LogP contribution in [0.4, 0.5) is 5.82 Å². The SMILES string of the molecule is CCN(C)c1ncnc2c1ccn2CC1CCN(CC(N)=O)CC1. The number of piperidine rings is 1. The molecule has 0 bridgehead atoms. The van der Waals surface area contributed by atoms with Crippen molar-refractivity contribution >= 4 is 22.8 Å². The Morgan fingerprint density at radius 1 is 1.38 bits per heavy atom. The zero-order chi connectivity index (χ0) is 17.1. The highest BCUT2D eigenvalue weighted by Crippen LogP contribution is 2.25. The minimum absolute atomic E-state index is 0.242. The minimum Gasteiger partial charge on any atom is -0.369 e. The van der Waals surface area contributed by atoms with Crippen molar-refractivity contribution in [3.63, 3.8) is 0 Å². The quantitative estimate of drug-likeness (QED) is 0.857. The van der Waals surface area contributed by atoms with Crippen molar-refractivity contribution in [2.24, 2.45) is 11.7 Å². The smallest absolute Gasteiger partial charge is 0.231 e. The van der Waals surface area contributed by atoms with Gasteiger partial charge in [0.1, 0.15) is 17.8 Å². The number of amides is 1. The van der Waals surface area contributed by atoms with E-state index in [0.29, 0.717) is 12.5 Å². The average Bonchev–Trinajstić information content (AvgIpc) is 2.98. The van der Waals surface area contributed by atoms with E-state index in [0.717, 1.165) is 55.9 Å². The second kappa shape index (κ2) is 7.17. The maximum atomic E-state index is 11.0. The Hall–Kier alpha value is -2.15. The van der Waals surface area contributed by atoms with Gasteiger partial charge < -0.3 is 15.2 Å². The highest BCUT2D eigenvalue weighted by Gasteiger charge is 2.21. The van der Waals surface area contributed by atoms with Gasteiger partial charge in [-0.3, -0.25) is 9.69 Å². The summed E-state index contributed by atoms with van der Waals surface area (Å²) in [5, 5.41) is 1.10. The van der Waals surface area contributed by atoms with Gasteiger partial charge in [0.25, 0.3) is 0 Å². The zero-order valence-electron chi connectivity index (χ0n) is 14.5. The fourth-order valence-corrected chi connectivity index (χ4v) is 3.42. The zero-order valence-corrected chi connectivity index (χ0v) is 14.5. The molecule has 0 atom stereocenters. The normalized spacial score (nSPS) is 16.6. The Balaban J connectivity index is 1.69. The molecule has 1 aliphatic heterocycles. The second-order valence-electron chi connectivity index (χ2n) is 6.60. The van der Waals surface area contributed by atoms with Crippen LogP contribution >= 0.6 is 0 Å². The number of carbonyl (C=O) groups excluding carboxylic acids is 1. The van der Waals surface area contributed by atoms with Crippen LogP contribution in [0.2, 0.25) is 0 Å². The standard InChI is InChI=1S/C17H26N6O/c1-3-21(2)16-14-6-9-23(17(14)20-12-19-16)10-13-4-7-22(8-5-13)11-15(18)24/h6,9,12-13H,3-5,7-8,10-11H2,1-2H3,(H2,18,24). The van der Waals surface area contributed by atoms with Gasteiger partial charge in [-0.2, -0.15) is 0 Å². The van der Waals surface area contributed by atoms with Crippen molar-refractivity contribution in [3.8, 4) is 0 Å². The molecule has 0 unspecified atom stereocenters. The van der Waals surface area contributed by atoms with Gasteiger partial charge in [-0.15, -0.1) is 0 Å². The van der Waals surface area contributed by atoms with E-state index in [1.54, 1.807) is 6.33 Å². The third-order valence-electron chi connectivity index (χ3n) is 4.91. The van der Waals surface area contributed by atoms with Gasteiger partial charge >= 0.3 is 0 Å². The van der Waals surface area contributed by atoms with E-state index in [1.165, 1.54) is 0 Å². The van der Waals surface area contributed by atoms with Crippen molar-refractivity contribution < 1.29 is 4.79 Å². The monoisotopic (exact) mass is 330 g/mol. The summed E-state index contributed by atoms with van der Waals surface area (Å²) in [6.45, 7) is 6.23. The Kier molecular flexibility index (Phi) is 4.99. The maximum absolute atomic E-state index is 11.0. The number of nitrogens with two attached hydrogens (primary N) is 1. The molecule has 2 aromatic heterocycles. The number of nitrogens with zero attached hydrogens (tertiary/aromatic N) is 5. The molecule has 0 aliphatic carbocycles. The molecule has 0 spiro atoms. The van der Waals surface area contributed by atoms with Crippen molar-refractivity contribution in [1.82, 2.24) is 19.4 Å². The largest absolute Gasteiger partial charge is 0.369 e. The van der Waals surface area contributed by atoms with Gasteiger partial charge in [0.15, 0.2) is 0 Å². The summed E-state index contributed by atoms with van der Waals surface area (Å²) in [5.74, 6) is 1.35. The first kappa shape index (κ1) is 16.7. The Morgan fingerprint density at radius 3 is 2.79 bits per heavy atom. The van der Waals surface area contributed by atoms with Crippen LogP contribution in [0.5, 0.6) is 0 Å². The summed E-state index contributed by atoms with van der Waals surface area (Å²) in [6.07, 6.45) is 5.93. The van der Waals surface area contributed by atoms with E-state index in [2.05, 4.69) is 43.5 Å². The molecular formula is C17H26N6O. The topological polar surface area (TPSA) is 80.3 Å². The molecule has 24 heavy (non-hydrogen) atoms. The van der Waals surface area contributed by atoms with Gasteiger partial charge in [-0.1, -0.05) is 0 Å². The van der Waals surface area contributed by atoms with Crippen molar-refractivity contribution in [2.75, 3.05) is 38.1 Å². The van der Waals surface area contributed by atoms with Crippen LogP contribution in [0.15, 0.2) is 18.6 Å². The molecular weight excluding hydrogens is 304 g/mol. The Labute approximate surface area is 142 Å². The predicted octanol–water partition coefficient (Wildman–Crippen LogP) is 1.08. The molecule has 0 saturated carbocycles. The summed E-state index contributed by atoms with van der Waals surface area (Å²) in [4.78, 5) is 24.2. The first-order chi connectivity index (χ1) is 11.6. The molecule has 130 valence electrons. The predicted molar refractivity (Wildman–Crippen MR) is 94.8 cm³/mol. The molecule has 7 heteroatoms. The molecule has 0 radical (unpaired) electrons. The van der Waals surface area contributed by atoms with E-state index in [-0.39, 0.29) is 5.91 Å². The van der Waals surface area contributed by atoms with Crippen LogP contribution in [0.1, 0.15) is 19.8 Å². The van der Waals surface area contributed by atoms with Crippen LogP contribution in [0, 0.1) is 5.92 Å². The van der Waals surface area contributed by atoms with Gasteiger partial charge in [-0.25, -0.2) is 9.97 Å². The number of carbonyl (C=O) groups is 1. The molecule has 1 amide bonds. The molecule has 1 aliphatic rings. The van der Waals surface area contributed by atoms with Gasteiger partial charge in [0, 0.05) is 26.3 Å². The maximum Gasteiger partial charge on any atom is 0.231 e. The second-order valence-corrected chi connectivity index (χ2v) is 6.60. The summed E-state index contributed by atoms with van der Waals surface area (Å²) in [6, 6.07) is 2.11. The van der Waals surface area contributed by atoms with Crippen LogP contribution in [0.25, 0.3) is 11.0 Å². The number of anilines is 1. The minimum atomic E-state index is -0.242. The lowest BCUT2D eigenvalue weighted by atomic mass is 9.96. The summed E-state index contributed by atoms with van der Waals surface area (Å²) >= 11 is 0. The molecule has 0 aromatic carbocycles. The lowest BCUT2D eigenvalue weighted by molar-refractivity contribution is -0.119. The third kappa shape index (κ3) is 3.51. The van der Waals surface area contributed by atoms with Crippen molar-refractivity contribution in [3.05, 3.63) is 18.6 Å². The first-order valence-corrected chi connectivity index (χ1v) is 8.60. The van der Waals surface area contributed by atoms with Gasteiger partial charge in [0.05, 0.1) is 11.9 Å². The number of primary amides is 1. The summed E-state index contributed by atoms with van der Waals surface area (Å²) in [5.41, 5.74) is 6.28. The Morgan fingerprint density at radius 2 is 2.12 bits per heavy atom. The van der Waals surface area contributed by atoms with E-state index in [9.17, 15) is 4.79 Å². The van der Waals surface area contributed by atoms with E-state index in [4.69, 9.17) is 5.73 Å². The van der Waals surface area contributed by atoms with Crippen molar-refractivity contribution in [2.45, 2.75) is 26.3 Å². The van der Waals surface area contributed by atoms with Crippen LogP contribution in [-0.4, -0.2) is 58.6 Å². The van der Waals surface area contributed by atoms with Crippen LogP contribution < -0.4 is 10.6 Å². The fraction of sp³-hybridized carbons (Fsp3) is 0.588. The average molecular weight is 330 g/mol. The molecule has 7 nitrogen and oxygen atoms in total. The van der Waals surface area contributed by atoms with E-state index >= 15 is 0 Å². The molecule has 3 heterocycles. The van der Waals surface area contributed by atoms with Crippen LogP contribution in [-0.2, 0) is 11.3 Å². The fourth-order valence-electron chi connectivity index (χ4n) is 3.42. The third-order valence-corrected chi connectivity index (χ3v) is 4.91. The van der Waals surface area contributed by atoms with E-state index < -0.39 is 0 Å². The van der Waals surface area contributed by atoms with Crippen LogP contribution in [0.3, 0.4) is 0 Å². The Bertz CT molecular complexity index is 704. The highest BCUT2D eigenvalue weighted by atomic mass is 16.1. The summed E-state index contributed by atoms with van der Waals surface area (Å²) < 4.78 is 2.23. The number of likely N-dealkylation sites (tertiary alicyclic amines) is 1. The lowest BCUT2D eigenvalue weighted by Gasteiger charge is -2.31. The highest BCUT2D eigenvalue weighted by molar-refractivity contribution is 5.87. The molecule has 2 aromatic rings. The molecule has 3 rings (SSSR count). The van der Waals surface area contributed by atoms with Gasteiger partial charge in [-0.05, 0) is 44.8 Å². The number of hydrogen-bond acceptors (Lipinski definition) is 5. The van der Waals surface area contributed by atoms with Gasteiger partial charge in [0.2, 0.25) is 5.91 Å². The number of hydrogen-bond donors (Lipinski definition) is 1.